The molecule has 2 aliphatic rings. The molecular weight excluding hydrogens is 236 g/mol. The van der Waals surface area contributed by atoms with E-state index >= 15 is 0 Å². The van der Waals surface area contributed by atoms with Crippen LogP contribution in [0.1, 0.15) is 38.5 Å². The van der Waals surface area contributed by atoms with Crippen LogP contribution in [0.25, 0.3) is 0 Å². The van der Waals surface area contributed by atoms with Crippen LogP contribution in [-0.2, 0) is 9.84 Å². The van der Waals surface area contributed by atoms with Crippen LogP contribution in [0.15, 0.2) is 0 Å². The normalized spacial score (nSPS) is 31.8. The van der Waals surface area contributed by atoms with Crippen molar-refractivity contribution in [2.45, 2.75) is 50.1 Å². The summed E-state index contributed by atoms with van der Waals surface area (Å²) in [6.45, 7) is 0.653. The summed E-state index contributed by atoms with van der Waals surface area (Å²) in [6.07, 6.45) is 6.76. The molecule has 0 amide bonds. The first kappa shape index (κ1) is 13.3. The molecule has 2 rings (SSSR count). The Morgan fingerprint density at radius 2 is 1.94 bits per heavy atom. The van der Waals surface area contributed by atoms with E-state index < -0.39 is 9.84 Å². The fourth-order valence-corrected chi connectivity index (χ4v) is 5.15. The Morgan fingerprint density at radius 3 is 2.41 bits per heavy atom. The number of rotatable bonds is 3. The van der Waals surface area contributed by atoms with Gasteiger partial charge in [-0.05, 0) is 26.3 Å². The Morgan fingerprint density at radius 1 is 1.29 bits per heavy atom. The van der Waals surface area contributed by atoms with Crippen molar-refractivity contribution >= 4 is 9.84 Å². The average molecular weight is 260 g/mol. The molecule has 2 fully saturated rings. The second-order valence-corrected chi connectivity index (χ2v) is 7.89. The van der Waals surface area contributed by atoms with Crippen molar-refractivity contribution in [1.29, 1.82) is 0 Å². The van der Waals surface area contributed by atoms with E-state index in [9.17, 15) is 8.42 Å². The molecule has 0 aromatic heterocycles. The summed E-state index contributed by atoms with van der Waals surface area (Å²) in [5.41, 5.74) is 6.04. The molecule has 1 unspecified atom stereocenters. The second-order valence-electron chi connectivity index (χ2n) is 5.66. The molecule has 0 spiro atoms. The van der Waals surface area contributed by atoms with Gasteiger partial charge < -0.3 is 5.73 Å². The van der Waals surface area contributed by atoms with Crippen LogP contribution in [0.5, 0.6) is 0 Å². The zero-order valence-electron chi connectivity index (χ0n) is 10.7. The van der Waals surface area contributed by atoms with Gasteiger partial charge in [0.15, 0.2) is 9.84 Å². The Labute approximate surface area is 104 Å². The van der Waals surface area contributed by atoms with Crippen LogP contribution in [-0.4, -0.2) is 50.0 Å². The van der Waals surface area contributed by atoms with E-state index in [4.69, 9.17) is 5.73 Å². The van der Waals surface area contributed by atoms with Gasteiger partial charge in [0, 0.05) is 18.1 Å². The number of hydrogen-bond acceptors (Lipinski definition) is 4. The van der Waals surface area contributed by atoms with Gasteiger partial charge in [-0.2, -0.15) is 0 Å². The Kier molecular flexibility index (Phi) is 3.80. The topological polar surface area (TPSA) is 63.4 Å². The third-order valence-corrected chi connectivity index (χ3v) is 6.42. The Balaban J connectivity index is 2.09. The van der Waals surface area contributed by atoms with Crippen molar-refractivity contribution in [2.24, 2.45) is 5.73 Å². The highest BCUT2D eigenvalue weighted by atomic mass is 32.2. The lowest BCUT2D eigenvalue weighted by Crippen LogP contribution is -2.57. The first-order valence-corrected chi connectivity index (χ1v) is 8.45. The molecule has 4 nitrogen and oxygen atoms in total. The highest BCUT2D eigenvalue weighted by molar-refractivity contribution is 7.91. The molecule has 1 aliphatic heterocycles. The maximum atomic E-state index is 11.6. The highest BCUT2D eigenvalue weighted by Crippen LogP contribution is 2.35. The van der Waals surface area contributed by atoms with Crippen LogP contribution in [0.4, 0.5) is 0 Å². The molecule has 5 heteroatoms. The molecule has 0 aromatic rings. The maximum Gasteiger partial charge on any atom is 0.151 e. The molecule has 0 bridgehead atoms. The van der Waals surface area contributed by atoms with Gasteiger partial charge in [-0.25, -0.2) is 8.42 Å². The number of nitrogens with two attached hydrogens (primary N) is 1. The lowest BCUT2D eigenvalue weighted by Gasteiger charge is -2.46. The van der Waals surface area contributed by atoms with Crippen LogP contribution in [0.2, 0.25) is 0 Å². The van der Waals surface area contributed by atoms with Crippen LogP contribution in [0.3, 0.4) is 0 Å². The van der Waals surface area contributed by atoms with E-state index in [2.05, 4.69) is 11.9 Å². The summed E-state index contributed by atoms with van der Waals surface area (Å²) in [5, 5.41) is 0. The molecule has 1 aliphatic carbocycles. The summed E-state index contributed by atoms with van der Waals surface area (Å²) >= 11 is 0. The van der Waals surface area contributed by atoms with Crippen molar-refractivity contribution in [3.05, 3.63) is 0 Å². The maximum absolute atomic E-state index is 11.6. The molecule has 17 heavy (non-hydrogen) atoms. The molecule has 0 aromatic carbocycles. The summed E-state index contributed by atoms with van der Waals surface area (Å²) < 4.78 is 23.1. The quantitative estimate of drug-likeness (QED) is 0.814. The van der Waals surface area contributed by atoms with E-state index in [-0.39, 0.29) is 11.6 Å². The monoisotopic (exact) mass is 260 g/mol. The third kappa shape index (κ3) is 2.66. The molecule has 1 heterocycles. The largest absolute Gasteiger partial charge is 0.329 e. The first-order chi connectivity index (χ1) is 7.99. The zero-order valence-corrected chi connectivity index (χ0v) is 11.5. The van der Waals surface area contributed by atoms with Crippen LogP contribution in [0, 0.1) is 0 Å². The lowest BCUT2D eigenvalue weighted by atomic mass is 9.79. The van der Waals surface area contributed by atoms with Crippen LogP contribution >= 0.6 is 0 Å². The molecule has 1 atom stereocenters. The minimum atomic E-state index is -2.80. The molecular formula is C12H24N2O2S. The van der Waals surface area contributed by atoms with Crippen molar-refractivity contribution in [3.63, 3.8) is 0 Å². The molecule has 2 N–H and O–H groups in total. The van der Waals surface area contributed by atoms with E-state index in [1.54, 1.807) is 0 Å². The second kappa shape index (κ2) is 4.86. The number of nitrogens with zero attached hydrogens (tertiary/aromatic N) is 1. The van der Waals surface area contributed by atoms with Crippen molar-refractivity contribution in [3.8, 4) is 0 Å². The van der Waals surface area contributed by atoms with Crippen molar-refractivity contribution in [1.82, 2.24) is 4.90 Å². The molecule has 1 saturated heterocycles. The smallest absolute Gasteiger partial charge is 0.151 e. The fourth-order valence-electron chi connectivity index (χ4n) is 3.38. The van der Waals surface area contributed by atoms with Gasteiger partial charge >= 0.3 is 0 Å². The van der Waals surface area contributed by atoms with Gasteiger partial charge in [0.1, 0.15) is 0 Å². The van der Waals surface area contributed by atoms with E-state index in [1.165, 1.54) is 19.3 Å². The summed E-state index contributed by atoms with van der Waals surface area (Å²) in [6, 6.07) is 0.182. The molecule has 0 radical (unpaired) electrons. The Bertz CT molecular complexity index is 361. The van der Waals surface area contributed by atoms with Crippen LogP contribution < -0.4 is 5.73 Å². The van der Waals surface area contributed by atoms with Gasteiger partial charge in [0.05, 0.1) is 11.5 Å². The van der Waals surface area contributed by atoms with E-state index in [0.717, 1.165) is 19.3 Å². The predicted molar refractivity (Wildman–Crippen MR) is 69.7 cm³/mol. The minimum Gasteiger partial charge on any atom is -0.329 e. The first-order valence-electron chi connectivity index (χ1n) is 6.63. The SMILES string of the molecule is CN(C1CCS(=O)(=O)C1)C1(CN)CCCCC1. The molecule has 1 saturated carbocycles. The lowest BCUT2D eigenvalue weighted by molar-refractivity contribution is 0.0521. The van der Waals surface area contributed by atoms with Crippen molar-refractivity contribution in [2.75, 3.05) is 25.1 Å². The van der Waals surface area contributed by atoms with E-state index in [0.29, 0.717) is 18.1 Å². The Hall–Kier alpha value is -0.130. The van der Waals surface area contributed by atoms with Gasteiger partial charge in [0.25, 0.3) is 0 Å². The van der Waals surface area contributed by atoms with Gasteiger partial charge in [-0.1, -0.05) is 19.3 Å². The summed E-state index contributed by atoms with van der Waals surface area (Å²) in [4.78, 5) is 2.29. The molecule has 100 valence electrons. The summed E-state index contributed by atoms with van der Waals surface area (Å²) in [7, 11) is -0.724. The van der Waals surface area contributed by atoms with Gasteiger partial charge in [-0.3, -0.25) is 4.90 Å². The average Bonchev–Trinajstić information content (AvgIpc) is 2.69. The minimum absolute atomic E-state index is 0.0583. The van der Waals surface area contributed by atoms with E-state index in [1.807, 2.05) is 0 Å². The zero-order chi connectivity index (χ0) is 12.5. The van der Waals surface area contributed by atoms with Gasteiger partial charge in [-0.15, -0.1) is 0 Å². The number of likely N-dealkylation sites (N-methyl/N-ethyl adjacent to an activating group) is 1. The fraction of sp³-hybridized carbons (Fsp3) is 1.00. The third-order valence-electron chi connectivity index (χ3n) is 4.67. The predicted octanol–water partition coefficient (Wildman–Crippen LogP) is 0.767. The highest BCUT2D eigenvalue weighted by Gasteiger charge is 2.41. The number of hydrogen-bond donors (Lipinski definition) is 1. The summed E-state index contributed by atoms with van der Waals surface area (Å²) in [5.74, 6) is 0.675. The number of sulfone groups is 1. The standard InChI is InChI=1S/C12H24N2O2S/c1-14(11-5-8-17(15,16)9-11)12(10-13)6-3-2-4-7-12/h11H,2-10,13H2,1H3. The van der Waals surface area contributed by atoms with Gasteiger partial charge in [0.2, 0.25) is 0 Å². The van der Waals surface area contributed by atoms with Crippen molar-refractivity contribution < 1.29 is 8.42 Å².